The molecule has 2 rings (SSSR count). The molecule has 8 heteroatoms. The van der Waals surface area contributed by atoms with Crippen LogP contribution >= 0.6 is 45.8 Å². The molecule has 0 bridgehead atoms. The fourth-order valence-corrected chi connectivity index (χ4v) is 2.10. The minimum Gasteiger partial charge on any atom is -0.482 e. The first-order valence-electron chi connectivity index (χ1n) is 5.69. The van der Waals surface area contributed by atoms with Gasteiger partial charge in [-0.2, -0.15) is 5.10 Å². The van der Waals surface area contributed by atoms with Crippen molar-refractivity contribution in [3.8, 4) is 5.75 Å². The third-order valence-electron chi connectivity index (χ3n) is 2.23. The maximum atomic E-state index is 11.5. The normalized spacial score (nSPS) is 10.8. The summed E-state index contributed by atoms with van der Waals surface area (Å²) in [6.07, 6.45) is 1.40. The quantitative estimate of drug-likeness (QED) is 0.439. The van der Waals surface area contributed by atoms with Crippen molar-refractivity contribution < 1.29 is 13.9 Å². The smallest absolute Gasteiger partial charge is 0.277 e. The van der Waals surface area contributed by atoms with Crippen molar-refractivity contribution >= 4 is 57.9 Å². The molecule has 0 aliphatic rings. The summed E-state index contributed by atoms with van der Waals surface area (Å²) in [7, 11) is 0. The van der Waals surface area contributed by atoms with Gasteiger partial charge in [-0.1, -0.05) is 23.2 Å². The number of carbonyl (C=O) groups excluding carboxylic acids is 1. The van der Waals surface area contributed by atoms with E-state index in [1.54, 1.807) is 24.3 Å². The molecule has 1 aromatic heterocycles. The first-order valence-corrected chi connectivity index (χ1v) is 7.53. The Morgan fingerprint density at radius 3 is 2.90 bits per heavy atom. The van der Waals surface area contributed by atoms with Crippen LogP contribution in [0.1, 0.15) is 5.76 Å². The van der Waals surface area contributed by atoms with Crippen LogP contribution < -0.4 is 10.2 Å². The first kappa shape index (κ1) is 16.1. The highest BCUT2D eigenvalue weighted by Crippen LogP contribution is 2.27. The predicted molar refractivity (Wildman–Crippen MR) is 89.1 cm³/mol. The van der Waals surface area contributed by atoms with Crippen molar-refractivity contribution in [1.29, 1.82) is 0 Å². The van der Waals surface area contributed by atoms with Crippen molar-refractivity contribution in [1.82, 2.24) is 5.43 Å². The van der Waals surface area contributed by atoms with E-state index in [9.17, 15) is 4.79 Å². The zero-order valence-electron chi connectivity index (χ0n) is 10.5. The Labute approximate surface area is 144 Å². The van der Waals surface area contributed by atoms with Gasteiger partial charge in [0.1, 0.15) is 11.5 Å². The van der Waals surface area contributed by atoms with Crippen LogP contribution in [0, 0.1) is 3.77 Å². The summed E-state index contributed by atoms with van der Waals surface area (Å²) in [5.41, 5.74) is 2.31. The highest BCUT2D eigenvalue weighted by atomic mass is 127. The van der Waals surface area contributed by atoms with E-state index in [0.29, 0.717) is 21.6 Å². The van der Waals surface area contributed by atoms with Gasteiger partial charge in [0.15, 0.2) is 10.4 Å². The van der Waals surface area contributed by atoms with Crippen molar-refractivity contribution in [3.05, 3.63) is 49.9 Å². The van der Waals surface area contributed by atoms with Crippen molar-refractivity contribution in [2.45, 2.75) is 0 Å². The fraction of sp³-hybridized carbons (Fsp3) is 0.0769. The van der Waals surface area contributed by atoms with Gasteiger partial charge in [0.2, 0.25) is 0 Å². The van der Waals surface area contributed by atoms with Gasteiger partial charge in [-0.05, 0) is 46.9 Å². The number of rotatable bonds is 5. The van der Waals surface area contributed by atoms with Crippen LogP contribution in [0.3, 0.4) is 0 Å². The molecule has 0 radical (unpaired) electrons. The molecule has 0 fully saturated rings. The number of hydrogen-bond acceptors (Lipinski definition) is 4. The zero-order valence-corrected chi connectivity index (χ0v) is 14.1. The Balaban J connectivity index is 1.82. The molecule has 1 amide bonds. The molecule has 1 aromatic carbocycles. The van der Waals surface area contributed by atoms with Crippen LogP contribution in [-0.4, -0.2) is 18.7 Å². The molecule has 0 saturated carbocycles. The number of hydrogen-bond donors (Lipinski definition) is 1. The number of furan rings is 1. The number of hydrazone groups is 1. The third-order valence-corrected chi connectivity index (χ3v) is 3.35. The van der Waals surface area contributed by atoms with E-state index < -0.39 is 5.91 Å². The lowest BCUT2D eigenvalue weighted by Crippen LogP contribution is -2.24. The van der Waals surface area contributed by atoms with Crippen LogP contribution in [-0.2, 0) is 4.79 Å². The number of benzene rings is 1. The van der Waals surface area contributed by atoms with E-state index >= 15 is 0 Å². The molecular weight excluding hydrogens is 430 g/mol. The topological polar surface area (TPSA) is 63.8 Å². The van der Waals surface area contributed by atoms with Crippen molar-refractivity contribution in [2.75, 3.05) is 6.61 Å². The minimum atomic E-state index is -0.427. The predicted octanol–water partition coefficient (Wildman–Crippen LogP) is 3.72. The maximum Gasteiger partial charge on any atom is 0.277 e. The highest BCUT2D eigenvalue weighted by molar-refractivity contribution is 14.1. The molecular formula is C13H9Cl2IN2O3. The molecule has 5 nitrogen and oxygen atoms in total. The molecule has 21 heavy (non-hydrogen) atoms. The average Bonchev–Trinajstić information content (AvgIpc) is 2.85. The van der Waals surface area contributed by atoms with Crippen LogP contribution in [0.25, 0.3) is 0 Å². The van der Waals surface area contributed by atoms with Gasteiger partial charge in [-0.25, -0.2) is 5.43 Å². The summed E-state index contributed by atoms with van der Waals surface area (Å²) in [5.74, 6) is 0.450. The number of nitrogens with one attached hydrogen (secondary N) is 1. The summed E-state index contributed by atoms with van der Waals surface area (Å²) in [6.45, 7) is -0.229. The standard InChI is InChI=1S/C13H9Cl2IN2O3/c14-8-1-3-10(15)11(5-8)20-7-13(19)18-17-6-9-2-4-12(16)21-9/h1-6H,7H2,(H,18,19). The third kappa shape index (κ3) is 5.22. The Hall–Kier alpha value is -1.25. The minimum absolute atomic E-state index is 0.229. The summed E-state index contributed by atoms with van der Waals surface area (Å²) in [6, 6.07) is 8.28. The molecule has 110 valence electrons. The second-order valence-electron chi connectivity index (χ2n) is 3.80. The Morgan fingerprint density at radius 2 is 2.19 bits per heavy atom. The van der Waals surface area contributed by atoms with Gasteiger partial charge in [0, 0.05) is 11.1 Å². The van der Waals surface area contributed by atoms with E-state index in [0.717, 1.165) is 3.77 Å². The van der Waals surface area contributed by atoms with Crippen molar-refractivity contribution in [2.24, 2.45) is 5.10 Å². The zero-order chi connectivity index (χ0) is 15.2. The highest BCUT2D eigenvalue weighted by Gasteiger charge is 2.06. The Morgan fingerprint density at radius 1 is 1.38 bits per heavy atom. The molecule has 1 N–H and O–H groups in total. The van der Waals surface area contributed by atoms with E-state index in [-0.39, 0.29) is 6.61 Å². The van der Waals surface area contributed by atoms with Gasteiger partial charge >= 0.3 is 0 Å². The number of amides is 1. The van der Waals surface area contributed by atoms with Gasteiger partial charge in [-0.3, -0.25) is 4.79 Å². The number of halogens is 3. The van der Waals surface area contributed by atoms with Crippen LogP contribution in [0.15, 0.2) is 39.9 Å². The molecule has 2 aromatic rings. The van der Waals surface area contributed by atoms with Gasteiger partial charge < -0.3 is 9.15 Å². The molecule has 0 aliphatic carbocycles. The second-order valence-corrected chi connectivity index (χ2v) is 5.71. The van der Waals surface area contributed by atoms with E-state index in [1.165, 1.54) is 12.3 Å². The number of ether oxygens (including phenoxy) is 1. The summed E-state index contributed by atoms with van der Waals surface area (Å²) in [5, 5.41) is 4.59. The van der Waals surface area contributed by atoms with Crippen LogP contribution in [0.5, 0.6) is 5.75 Å². The molecule has 0 saturated heterocycles. The lowest BCUT2D eigenvalue weighted by molar-refractivity contribution is -0.123. The largest absolute Gasteiger partial charge is 0.482 e. The number of nitrogens with zero attached hydrogens (tertiary/aromatic N) is 1. The number of carbonyl (C=O) groups is 1. The van der Waals surface area contributed by atoms with Crippen molar-refractivity contribution in [3.63, 3.8) is 0 Å². The van der Waals surface area contributed by atoms with Gasteiger partial charge in [0.05, 0.1) is 11.2 Å². The monoisotopic (exact) mass is 438 g/mol. The fourth-order valence-electron chi connectivity index (χ4n) is 1.33. The molecule has 0 atom stereocenters. The summed E-state index contributed by atoms with van der Waals surface area (Å²) in [4.78, 5) is 11.5. The molecule has 0 aliphatic heterocycles. The first-order chi connectivity index (χ1) is 10.0. The van der Waals surface area contributed by atoms with Gasteiger partial charge in [-0.15, -0.1) is 0 Å². The van der Waals surface area contributed by atoms with Crippen LogP contribution in [0.4, 0.5) is 0 Å². The average molecular weight is 439 g/mol. The molecule has 0 unspecified atom stereocenters. The van der Waals surface area contributed by atoms with Gasteiger partial charge in [0.25, 0.3) is 5.91 Å². The Kier molecular flexibility index (Phi) is 5.89. The van der Waals surface area contributed by atoms with Crippen LogP contribution in [0.2, 0.25) is 10.0 Å². The van der Waals surface area contributed by atoms with E-state index in [4.69, 9.17) is 32.4 Å². The lowest BCUT2D eigenvalue weighted by Gasteiger charge is -2.07. The van der Waals surface area contributed by atoms with E-state index in [1.807, 2.05) is 22.6 Å². The second kappa shape index (κ2) is 7.67. The summed E-state index contributed by atoms with van der Waals surface area (Å²) < 4.78 is 11.2. The maximum absolute atomic E-state index is 11.5. The SMILES string of the molecule is O=C(COc1cc(Cl)ccc1Cl)NN=Cc1ccc(I)o1. The lowest BCUT2D eigenvalue weighted by atomic mass is 10.3. The summed E-state index contributed by atoms with van der Waals surface area (Å²) >= 11 is 13.8. The molecule has 1 heterocycles. The molecule has 0 spiro atoms. The Bertz CT molecular complexity index is 673. The van der Waals surface area contributed by atoms with E-state index in [2.05, 4.69) is 10.5 Å².